The fourth-order valence-electron chi connectivity index (χ4n) is 3.47. The first kappa shape index (κ1) is 16.2. The van der Waals surface area contributed by atoms with Gasteiger partial charge in [0, 0.05) is 23.5 Å². The molecule has 7 heteroatoms. The molecular formula is C21H13FN4O2. The normalized spacial score (nSPS) is 11.3. The number of benzene rings is 2. The van der Waals surface area contributed by atoms with Gasteiger partial charge in [0.2, 0.25) is 5.43 Å². The summed E-state index contributed by atoms with van der Waals surface area (Å²) in [6, 6.07) is 15.0. The van der Waals surface area contributed by atoms with Crippen LogP contribution in [0, 0.1) is 5.82 Å². The molecule has 0 aliphatic rings. The molecule has 5 aromatic rings. The molecule has 0 radical (unpaired) electrons. The fraction of sp³-hybridized carbons (Fsp3) is 0. The lowest BCUT2D eigenvalue weighted by Crippen LogP contribution is -2.15. The highest BCUT2D eigenvalue weighted by molar-refractivity contribution is 5.95. The molecule has 5 rings (SSSR count). The van der Waals surface area contributed by atoms with Crippen LogP contribution in [0.1, 0.15) is 0 Å². The third-order valence-corrected chi connectivity index (χ3v) is 4.79. The maximum absolute atomic E-state index is 13.5. The molecule has 136 valence electrons. The van der Waals surface area contributed by atoms with E-state index in [1.165, 1.54) is 12.1 Å². The van der Waals surface area contributed by atoms with Crippen molar-refractivity contribution in [3.05, 3.63) is 93.4 Å². The third-order valence-electron chi connectivity index (χ3n) is 4.79. The minimum atomic E-state index is -0.490. The molecule has 0 spiro atoms. The molecule has 28 heavy (non-hydrogen) atoms. The molecule has 2 aromatic carbocycles. The van der Waals surface area contributed by atoms with E-state index in [1.54, 1.807) is 35.2 Å². The number of hydrogen-bond donors (Lipinski definition) is 2. The molecule has 6 nitrogen and oxygen atoms in total. The van der Waals surface area contributed by atoms with Crippen molar-refractivity contribution in [2.75, 3.05) is 0 Å². The molecule has 0 amide bonds. The number of nitrogens with one attached hydrogen (secondary N) is 2. The first-order valence-electron chi connectivity index (χ1n) is 8.59. The number of halogens is 1. The molecule has 3 heterocycles. The van der Waals surface area contributed by atoms with Crippen LogP contribution in [0.5, 0.6) is 0 Å². The molecule has 0 aliphatic carbocycles. The second kappa shape index (κ2) is 6.02. The summed E-state index contributed by atoms with van der Waals surface area (Å²) >= 11 is 0. The largest absolute Gasteiger partial charge is 0.294 e. The van der Waals surface area contributed by atoms with E-state index in [2.05, 4.69) is 15.2 Å². The number of aromatic nitrogens is 4. The monoisotopic (exact) mass is 372 g/mol. The Labute approximate surface area is 156 Å². The summed E-state index contributed by atoms with van der Waals surface area (Å²) in [6.45, 7) is 0. The van der Waals surface area contributed by atoms with E-state index in [1.807, 2.05) is 24.3 Å². The fourth-order valence-corrected chi connectivity index (χ4v) is 3.47. The van der Waals surface area contributed by atoms with Crippen LogP contribution in [-0.4, -0.2) is 19.7 Å². The van der Waals surface area contributed by atoms with Gasteiger partial charge in [0.15, 0.2) is 0 Å². The van der Waals surface area contributed by atoms with Gasteiger partial charge in [0.25, 0.3) is 5.56 Å². The summed E-state index contributed by atoms with van der Waals surface area (Å²) in [7, 11) is 0. The topological polar surface area (TPSA) is 83.5 Å². The number of rotatable bonds is 2. The Hall–Kier alpha value is -4.00. The molecule has 0 bridgehead atoms. The van der Waals surface area contributed by atoms with Crippen LogP contribution in [0.3, 0.4) is 0 Å². The van der Waals surface area contributed by atoms with E-state index >= 15 is 0 Å². The van der Waals surface area contributed by atoms with Gasteiger partial charge in [-0.2, -0.15) is 0 Å². The number of pyridine rings is 2. The van der Waals surface area contributed by atoms with E-state index in [0.717, 1.165) is 11.1 Å². The van der Waals surface area contributed by atoms with Gasteiger partial charge in [0.05, 0.1) is 5.52 Å². The molecule has 3 aromatic heterocycles. The van der Waals surface area contributed by atoms with Gasteiger partial charge in [0.1, 0.15) is 16.9 Å². The smallest absolute Gasteiger partial charge is 0.277 e. The van der Waals surface area contributed by atoms with Crippen molar-refractivity contribution in [1.29, 1.82) is 0 Å². The summed E-state index contributed by atoms with van der Waals surface area (Å²) in [5, 5.41) is 5.70. The minimum Gasteiger partial charge on any atom is -0.294 e. The summed E-state index contributed by atoms with van der Waals surface area (Å²) in [4.78, 5) is 29.2. The quantitative estimate of drug-likeness (QED) is 0.498. The van der Waals surface area contributed by atoms with Crippen LogP contribution in [-0.2, 0) is 0 Å². The Morgan fingerprint density at radius 3 is 2.36 bits per heavy atom. The lowest BCUT2D eigenvalue weighted by Gasteiger charge is -2.14. The SMILES string of the molecule is O=c1[nH][nH]c2c1c(=O)c1ccc(-c3ccncc3)cc1n2-c1ccc(F)cc1. The molecule has 0 aliphatic heterocycles. The first-order chi connectivity index (χ1) is 13.6. The Balaban J connectivity index is 1.95. The molecular weight excluding hydrogens is 359 g/mol. The average Bonchev–Trinajstić information content (AvgIpc) is 3.11. The van der Waals surface area contributed by atoms with Gasteiger partial charge in [-0.3, -0.25) is 29.3 Å². The lowest BCUT2D eigenvalue weighted by atomic mass is 10.0. The van der Waals surface area contributed by atoms with E-state index in [-0.39, 0.29) is 16.6 Å². The summed E-state index contributed by atoms with van der Waals surface area (Å²) in [5.74, 6) is -0.370. The van der Waals surface area contributed by atoms with Crippen LogP contribution in [0.2, 0.25) is 0 Å². The lowest BCUT2D eigenvalue weighted by molar-refractivity contribution is 0.627. The Kier molecular flexibility index (Phi) is 3.48. The third kappa shape index (κ3) is 2.37. The van der Waals surface area contributed by atoms with Crippen LogP contribution in [0.15, 0.2) is 76.6 Å². The van der Waals surface area contributed by atoms with Crippen LogP contribution < -0.4 is 11.0 Å². The molecule has 0 fully saturated rings. The van der Waals surface area contributed by atoms with Crippen molar-refractivity contribution in [3.8, 4) is 16.8 Å². The summed E-state index contributed by atoms with van der Waals surface area (Å²) in [5.41, 5.74) is 2.55. The van der Waals surface area contributed by atoms with Crippen LogP contribution in [0.4, 0.5) is 4.39 Å². The highest BCUT2D eigenvalue weighted by Gasteiger charge is 2.17. The van der Waals surface area contributed by atoms with Gasteiger partial charge < -0.3 is 0 Å². The molecule has 0 atom stereocenters. The number of nitrogens with zero attached hydrogens (tertiary/aromatic N) is 2. The number of aromatic amines is 2. The Morgan fingerprint density at radius 1 is 0.857 bits per heavy atom. The zero-order chi connectivity index (χ0) is 19.3. The van der Waals surface area contributed by atoms with Crippen molar-refractivity contribution in [1.82, 2.24) is 19.7 Å². The van der Waals surface area contributed by atoms with Crippen LogP contribution in [0.25, 0.3) is 38.8 Å². The standard InChI is InChI=1S/C21H13FN4O2/c22-14-2-4-15(5-3-14)26-17-11-13(12-7-9-23-10-8-12)1-6-16(17)19(27)18-20(26)24-25-21(18)28/h1-11H,(H2,24,25,28). The van der Waals surface area contributed by atoms with E-state index in [9.17, 15) is 14.0 Å². The van der Waals surface area contributed by atoms with Crippen LogP contribution >= 0.6 is 0 Å². The van der Waals surface area contributed by atoms with Gasteiger partial charge in [-0.1, -0.05) is 6.07 Å². The Morgan fingerprint density at radius 2 is 1.61 bits per heavy atom. The van der Waals surface area contributed by atoms with Gasteiger partial charge >= 0.3 is 0 Å². The zero-order valence-electron chi connectivity index (χ0n) is 14.4. The van der Waals surface area contributed by atoms with Crippen molar-refractivity contribution in [2.45, 2.75) is 0 Å². The Bertz CT molecular complexity index is 1450. The zero-order valence-corrected chi connectivity index (χ0v) is 14.4. The number of H-pyrrole nitrogens is 2. The van der Waals surface area contributed by atoms with E-state index in [0.29, 0.717) is 22.2 Å². The second-order valence-electron chi connectivity index (χ2n) is 6.41. The minimum absolute atomic E-state index is 0.0356. The predicted octanol–water partition coefficient (Wildman–Crippen LogP) is 3.36. The molecule has 0 saturated heterocycles. The highest BCUT2D eigenvalue weighted by Crippen LogP contribution is 2.27. The summed E-state index contributed by atoms with van der Waals surface area (Å²) < 4.78 is 15.2. The van der Waals surface area contributed by atoms with Crippen molar-refractivity contribution in [3.63, 3.8) is 0 Å². The van der Waals surface area contributed by atoms with Crippen molar-refractivity contribution in [2.24, 2.45) is 0 Å². The van der Waals surface area contributed by atoms with Crippen molar-refractivity contribution < 1.29 is 4.39 Å². The average molecular weight is 372 g/mol. The number of fused-ring (bicyclic) bond motifs is 2. The first-order valence-corrected chi connectivity index (χ1v) is 8.59. The summed E-state index contributed by atoms with van der Waals surface area (Å²) in [6.07, 6.45) is 3.39. The van der Waals surface area contributed by atoms with Gasteiger partial charge in [-0.15, -0.1) is 0 Å². The van der Waals surface area contributed by atoms with E-state index in [4.69, 9.17) is 0 Å². The molecule has 0 saturated carbocycles. The molecule has 0 unspecified atom stereocenters. The maximum atomic E-state index is 13.5. The number of hydrogen-bond acceptors (Lipinski definition) is 3. The van der Waals surface area contributed by atoms with E-state index < -0.39 is 5.56 Å². The molecule has 2 N–H and O–H groups in total. The maximum Gasteiger partial charge on any atom is 0.277 e. The predicted molar refractivity (Wildman–Crippen MR) is 105 cm³/mol. The highest BCUT2D eigenvalue weighted by atomic mass is 19.1. The van der Waals surface area contributed by atoms with Crippen molar-refractivity contribution >= 4 is 21.9 Å². The van der Waals surface area contributed by atoms with Gasteiger partial charge in [-0.05, 0) is 59.7 Å². The second-order valence-corrected chi connectivity index (χ2v) is 6.41. The van der Waals surface area contributed by atoms with Gasteiger partial charge in [-0.25, -0.2) is 4.39 Å².